The van der Waals surface area contributed by atoms with Crippen molar-refractivity contribution in [2.24, 2.45) is 5.92 Å². The second-order valence-corrected chi connectivity index (χ2v) is 6.17. The first-order chi connectivity index (χ1) is 7.04. The minimum atomic E-state index is 0.133. The van der Waals surface area contributed by atoms with Gasteiger partial charge < -0.3 is 4.90 Å². The molecular weight excluding hydrogens is 274 g/mol. The van der Waals surface area contributed by atoms with Crippen LogP contribution in [0.3, 0.4) is 0 Å². The summed E-state index contributed by atoms with van der Waals surface area (Å²) in [7, 11) is 0. The molecule has 1 heterocycles. The van der Waals surface area contributed by atoms with Gasteiger partial charge in [0.2, 0.25) is 0 Å². The van der Waals surface area contributed by atoms with Crippen LogP contribution < -0.4 is 0 Å². The Morgan fingerprint density at radius 3 is 2.67 bits per heavy atom. The number of amides is 1. The zero-order valence-electron chi connectivity index (χ0n) is 9.29. The Hall–Kier alpha value is -0.350. The van der Waals surface area contributed by atoms with E-state index in [4.69, 9.17) is 0 Å². The maximum atomic E-state index is 12.0. The van der Waals surface area contributed by atoms with E-state index in [-0.39, 0.29) is 5.91 Å². The molecule has 1 rings (SSSR count). The highest BCUT2D eigenvalue weighted by molar-refractivity contribution is 9.11. The van der Waals surface area contributed by atoms with Crippen LogP contribution in [0.4, 0.5) is 0 Å². The molecule has 0 fully saturated rings. The van der Waals surface area contributed by atoms with Crippen LogP contribution in [0.5, 0.6) is 0 Å². The number of hydrogen-bond donors (Lipinski definition) is 0. The van der Waals surface area contributed by atoms with Gasteiger partial charge in [-0.15, -0.1) is 11.3 Å². The number of thiophene rings is 1. The summed E-state index contributed by atoms with van der Waals surface area (Å²) < 4.78 is 1.01. The summed E-state index contributed by atoms with van der Waals surface area (Å²) >= 11 is 4.92. The second kappa shape index (κ2) is 5.66. The Morgan fingerprint density at radius 2 is 2.27 bits per heavy atom. The van der Waals surface area contributed by atoms with E-state index >= 15 is 0 Å². The van der Waals surface area contributed by atoms with E-state index < -0.39 is 0 Å². The fourth-order valence-corrected chi connectivity index (χ4v) is 2.53. The van der Waals surface area contributed by atoms with E-state index in [1.807, 2.05) is 23.3 Å². The van der Waals surface area contributed by atoms with E-state index in [2.05, 4.69) is 29.8 Å². The molecule has 0 bridgehead atoms. The largest absolute Gasteiger partial charge is 0.339 e. The van der Waals surface area contributed by atoms with Crippen molar-refractivity contribution in [1.82, 2.24) is 4.90 Å². The Kier molecular flexibility index (Phi) is 4.80. The van der Waals surface area contributed by atoms with Crippen LogP contribution in [0.2, 0.25) is 0 Å². The maximum Gasteiger partial charge on any atom is 0.254 e. The van der Waals surface area contributed by atoms with Gasteiger partial charge in [0.05, 0.1) is 9.35 Å². The third-order valence-electron chi connectivity index (χ3n) is 2.07. The van der Waals surface area contributed by atoms with Crippen molar-refractivity contribution in [1.29, 1.82) is 0 Å². The molecule has 0 atom stereocenters. The van der Waals surface area contributed by atoms with Gasteiger partial charge in [-0.25, -0.2) is 0 Å². The molecule has 84 valence electrons. The summed E-state index contributed by atoms with van der Waals surface area (Å²) in [5, 5.41) is 1.90. The van der Waals surface area contributed by atoms with Gasteiger partial charge in [0.25, 0.3) is 5.91 Å². The van der Waals surface area contributed by atoms with Crippen molar-refractivity contribution in [3.05, 3.63) is 20.8 Å². The molecule has 0 aromatic carbocycles. The Balaban J connectivity index is 2.73. The highest BCUT2D eigenvalue weighted by Crippen LogP contribution is 2.22. The summed E-state index contributed by atoms with van der Waals surface area (Å²) in [6.07, 6.45) is 0. The molecule has 0 unspecified atom stereocenters. The molecule has 0 saturated heterocycles. The van der Waals surface area contributed by atoms with Crippen LogP contribution in [0.15, 0.2) is 15.2 Å². The molecule has 0 aliphatic rings. The summed E-state index contributed by atoms with van der Waals surface area (Å²) in [5.74, 6) is 0.643. The molecule has 1 aromatic heterocycles. The molecule has 1 aromatic rings. The smallest absolute Gasteiger partial charge is 0.254 e. The second-order valence-electron chi connectivity index (χ2n) is 3.88. The molecule has 1 amide bonds. The molecule has 2 nitrogen and oxygen atoms in total. The van der Waals surface area contributed by atoms with Crippen LogP contribution >= 0.6 is 27.3 Å². The molecule has 0 saturated carbocycles. The number of carbonyl (C=O) groups is 1. The Bertz CT molecular complexity index is 335. The van der Waals surface area contributed by atoms with Crippen LogP contribution in [0.25, 0.3) is 0 Å². The third-order valence-corrected chi connectivity index (χ3v) is 3.57. The molecule has 0 radical (unpaired) electrons. The lowest BCUT2D eigenvalue weighted by Crippen LogP contribution is -2.33. The standard InChI is InChI=1S/C11H16BrNOS/c1-4-13(6-8(2)3)11(14)9-5-10(12)15-7-9/h5,7-8H,4,6H2,1-3H3. The number of halogens is 1. The van der Waals surface area contributed by atoms with Crippen LogP contribution in [-0.2, 0) is 0 Å². The number of carbonyl (C=O) groups excluding carboxylic acids is 1. The first-order valence-corrected chi connectivity index (χ1v) is 6.75. The average Bonchev–Trinajstić information content (AvgIpc) is 2.60. The predicted octanol–water partition coefficient (Wildman–Crippen LogP) is 3.63. The zero-order valence-corrected chi connectivity index (χ0v) is 11.7. The molecule has 0 aliphatic heterocycles. The molecule has 0 aliphatic carbocycles. The van der Waals surface area contributed by atoms with Crippen molar-refractivity contribution >= 4 is 33.2 Å². The normalized spacial score (nSPS) is 10.7. The summed E-state index contributed by atoms with van der Waals surface area (Å²) in [4.78, 5) is 13.9. The molecule has 0 spiro atoms. The third kappa shape index (κ3) is 3.61. The average molecular weight is 290 g/mol. The highest BCUT2D eigenvalue weighted by Gasteiger charge is 2.16. The van der Waals surface area contributed by atoms with Gasteiger partial charge in [0.1, 0.15) is 0 Å². The molecular formula is C11H16BrNOS. The van der Waals surface area contributed by atoms with E-state index in [0.29, 0.717) is 5.92 Å². The summed E-state index contributed by atoms with van der Waals surface area (Å²) in [6.45, 7) is 7.86. The minimum Gasteiger partial charge on any atom is -0.339 e. The van der Waals surface area contributed by atoms with Gasteiger partial charge in [-0.1, -0.05) is 13.8 Å². The Morgan fingerprint density at radius 1 is 1.60 bits per heavy atom. The number of hydrogen-bond acceptors (Lipinski definition) is 2. The topological polar surface area (TPSA) is 20.3 Å². The van der Waals surface area contributed by atoms with Crippen molar-refractivity contribution in [2.75, 3.05) is 13.1 Å². The summed E-state index contributed by atoms with van der Waals surface area (Å²) in [6, 6.07) is 1.88. The van der Waals surface area contributed by atoms with Crippen molar-refractivity contribution in [3.8, 4) is 0 Å². The SMILES string of the molecule is CCN(CC(C)C)C(=O)c1csc(Br)c1. The molecule has 4 heteroatoms. The van der Waals surface area contributed by atoms with Gasteiger partial charge in [-0.05, 0) is 34.8 Å². The van der Waals surface area contributed by atoms with E-state index in [9.17, 15) is 4.79 Å². The van der Waals surface area contributed by atoms with E-state index in [1.54, 1.807) is 11.3 Å². The highest BCUT2D eigenvalue weighted by atomic mass is 79.9. The summed E-state index contributed by atoms with van der Waals surface area (Å²) in [5.41, 5.74) is 0.786. The Labute approximate surface area is 103 Å². The number of nitrogens with zero attached hydrogens (tertiary/aromatic N) is 1. The van der Waals surface area contributed by atoms with E-state index in [0.717, 1.165) is 22.4 Å². The van der Waals surface area contributed by atoms with Gasteiger partial charge in [0, 0.05) is 18.5 Å². The lowest BCUT2D eigenvalue weighted by atomic mass is 10.2. The first-order valence-electron chi connectivity index (χ1n) is 5.08. The van der Waals surface area contributed by atoms with Gasteiger partial charge in [0.15, 0.2) is 0 Å². The quantitative estimate of drug-likeness (QED) is 0.829. The lowest BCUT2D eigenvalue weighted by molar-refractivity contribution is 0.0746. The van der Waals surface area contributed by atoms with E-state index in [1.165, 1.54) is 0 Å². The van der Waals surface area contributed by atoms with Gasteiger partial charge in [-0.2, -0.15) is 0 Å². The monoisotopic (exact) mass is 289 g/mol. The van der Waals surface area contributed by atoms with Gasteiger partial charge >= 0.3 is 0 Å². The van der Waals surface area contributed by atoms with Crippen LogP contribution in [0.1, 0.15) is 31.1 Å². The van der Waals surface area contributed by atoms with Crippen molar-refractivity contribution in [2.45, 2.75) is 20.8 Å². The van der Waals surface area contributed by atoms with Crippen molar-refractivity contribution in [3.63, 3.8) is 0 Å². The fraction of sp³-hybridized carbons (Fsp3) is 0.545. The lowest BCUT2D eigenvalue weighted by Gasteiger charge is -2.22. The maximum absolute atomic E-state index is 12.0. The van der Waals surface area contributed by atoms with Crippen LogP contribution in [0, 0.1) is 5.92 Å². The molecule has 15 heavy (non-hydrogen) atoms. The molecule has 0 N–H and O–H groups in total. The van der Waals surface area contributed by atoms with Crippen LogP contribution in [-0.4, -0.2) is 23.9 Å². The number of rotatable bonds is 4. The van der Waals surface area contributed by atoms with Gasteiger partial charge in [-0.3, -0.25) is 4.79 Å². The fourth-order valence-electron chi connectivity index (χ4n) is 1.40. The first kappa shape index (κ1) is 12.7. The van der Waals surface area contributed by atoms with Crippen molar-refractivity contribution < 1.29 is 4.79 Å². The minimum absolute atomic E-state index is 0.133. The predicted molar refractivity (Wildman–Crippen MR) is 68.4 cm³/mol. The zero-order chi connectivity index (χ0) is 11.4.